The lowest BCUT2D eigenvalue weighted by molar-refractivity contribution is 0.1000. The molecule has 86 valence electrons. The summed E-state index contributed by atoms with van der Waals surface area (Å²) in [5.41, 5.74) is 9.14. The smallest absolute Gasteiger partial charge is 0.250 e. The highest BCUT2D eigenvalue weighted by atomic mass is 16.1. The quantitative estimate of drug-likeness (QED) is 0.871. The van der Waals surface area contributed by atoms with Gasteiger partial charge in [-0.05, 0) is 36.1 Å². The molecule has 0 fully saturated rings. The first-order chi connectivity index (χ1) is 8.16. The molecule has 0 bridgehead atoms. The molecule has 0 saturated heterocycles. The minimum absolute atomic E-state index is 0.441. The second kappa shape index (κ2) is 4.78. The van der Waals surface area contributed by atoms with Crippen LogP contribution >= 0.6 is 0 Å². The zero-order chi connectivity index (χ0) is 12.3. The molecular formula is C14H14N2O. The van der Waals surface area contributed by atoms with Gasteiger partial charge in [0.2, 0.25) is 5.91 Å². The van der Waals surface area contributed by atoms with Crippen LogP contribution in [0.1, 0.15) is 27.0 Å². The molecule has 1 aromatic heterocycles. The Morgan fingerprint density at radius 3 is 2.76 bits per heavy atom. The van der Waals surface area contributed by atoms with Gasteiger partial charge in [-0.25, -0.2) is 0 Å². The van der Waals surface area contributed by atoms with E-state index in [1.165, 1.54) is 17.3 Å². The van der Waals surface area contributed by atoms with Crippen LogP contribution in [-0.2, 0) is 6.42 Å². The minimum Gasteiger partial charge on any atom is -0.366 e. The van der Waals surface area contributed by atoms with Crippen LogP contribution in [0.3, 0.4) is 0 Å². The Morgan fingerprint density at radius 1 is 1.29 bits per heavy atom. The van der Waals surface area contributed by atoms with E-state index >= 15 is 0 Å². The molecule has 3 heteroatoms. The number of nitrogens with two attached hydrogens (primary N) is 1. The van der Waals surface area contributed by atoms with E-state index in [0.717, 1.165) is 12.0 Å². The Morgan fingerprint density at radius 2 is 2.06 bits per heavy atom. The van der Waals surface area contributed by atoms with Crippen LogP contribution in [0, 0.1) is 6.92 Å². The second-order valence-electron chi connectivity index (χ2n) is 4.05. The monoisotopic (exact) mass is 226 g/mol. The average Bonchev–Trinajstić information content (AvgIpc) is 2.32. The highest BCUT2D eigenvalue weighted by Gasteiger charge is 2.04. The van der Waals surface area contributed by atoms with Crippen molar-refractivity contribution < 1.29 is 4.79 Å². The first-order valence-corrected chi connectivity index (χ1v) is 5.45. The summed E-state index contributed by atoms with van der Waals surface area (Å²) < 4.78 is 0. The number of nitrogens with zero attached hydrogens (tertiary/aromatic N) is 1. The van der Waals surface area contributed by atoms with E-state index in [-0.39, 0.29) is 0 Å². The molecule has 0 aliphatic carbocycles. The molecule has 17 heavy (non-hydrogen) atoms. The summed E-state index contributed by atoms with van der Waals surface area (Å²) in [6, 6.07) is 9.96. The number of hydrogen-bond acceptors (Lipinski definition) is 2. The molecule has 0 unspecified atom stereocenters. The van der Waals surface area contributed by atoms with Gasteiger partial charge >= 0.3 is 0 Å². The lowest BCUT2D eigenvalue weighted by atomic mass is 10.0. The van der Waals surface area contributed by atoms with Gasteiger partial charge in [0.05, 0.1) is 5.56 Å². The molecule has 0 aliphatic rings. The summed E-state index contributed by atoms with van der Waals surface area (Å²) in [4.78, 5) is 15.1. The molecule has 2 N–H and O–H groups in total. The van der Waals surface area contributed by atoms with Gasteiger partial charge in [-0.1, -0.05) is 24.3 Å². The molecule has 3 nitrogen and oxygen atoms in total. The van der Waals surface area contributed by atoms with E-state index in [2.05, 4.69) is 24.0 Å². The van der Waals surface area contributed by atoms with Crippen LogP contribution in [0.25, 0.3) is 0 Å². The number of amides is 1. The van der Waals surface area contributed by atoms with Crippen molar-refractivity contribution in [3.8, 4) is 0 Å². The highest BCUT2D eigenvalue weighted by Crippen LogP contribution is 2.13. The Labute approximate surface area is 100 Å². The van der Waals surface area contributed by atoms with E-state index in [9.17, 15) is 4.79 Å². The molecule has 0 saturated carbocycles. The summed E-state index contributed by atoms with van der Waals surface area (Å²) in [6.45, 7) is 2.07. The molecule has 2 aromatic rings. The molecule has 2 rings (SSSR count). The maximum Gasteiger partial charge on any atom is 0.250 e. The van der Waals surface area contributed by atoms with Gasteiger partial charge in [0.1, 0.15) is 0 Å². The zero-order valence-corrected chi connectivity index (χ0v) is 9.68. The minimum atomic E-state index is -0.441. The Balaban J connectivity index is 2.28. The summed E-state index contributed by atoms with van der Waals surface area (Å²) in [5, 5.41) is 0. The number of benzene rings is 1. The SMILES string of the molecule is Cc1ccccc1Cc1cncc(C(N)=O)c1. The molecule has 0 aliphatic heterocycles. The van der Waals surface area contributed by atoms with E-state index in [4.69, 9.17) is 5.73 Å². The Kier molecular flexibility index (Phi) is 3.19. The predicted molar refractivity (Wildman–Crippen MR) is 66.7 cm³/mol. The summed E-state index contributed by atoms with van der Waals surface area (Å²) in [6.07, 6.45) is 4.02. The molecule has 1 amide bonds. The van der Waals surface area contributed by atoms with Crippen LogP contribution in [0.2, 0.25) is 0 Å². The largest absolute Gasteiger partial charge is 0.366 e. The fourth-order valence-electron chi connectivity index (χ4n) is 1.75. The third-order valence-electron chi connectivity index (χ3n) is 2.74. The zero-order valence-electron chi connectivity index (χ0n) is 9.68. The molecule has 1 heterocycles. The van der Waals surface area contributed by atoms with Crippen LogP contribution in [0.5, 0.6) is 0 Å². The summed E-state index contributed by atoms with van der Waals surface area (Å²) in [7, 11) is 0. The van der Waals surface area contributed by atoms with Crippen molar-refractivity contribution in [2.24, 2.45) is 5.73 Å². The number of carbonyl (C=O) groups excluding carboxylic acids is 1. The number of carbonyl (C=O) groups is 1. The van der Waals surface area contributed by atoms with Gasteiger partial charge in [0.15, 0.2) is 0 Å². The third kappa shape index (κ3) is 2.69. The normalized spacial score (nSPS) is 10.2. The fraction of sp³-hybridized carbons (Fsp3) is 0.143. The average molecular weight is 226 g/mol. The van der Waals surface area contributed by atoms with Crippen molar-refractivity contribution in [3.63, 3.8) is 0 Å². The summed E-state index contributed by atoms with van der Waals surface area (Å²) >= 11 is 0. The van der Waals surface area contributed by atoms with Crippen molar-refractivity contribution in [1.82, 2.24) is 4.98 Å². The fourth-order valence-corrected chi connectivity index (χ4v) is 1.75. The standard InChI is InChI=1S/C14H14N2O/c1-10-4-2-3-5-12(10)6-11-7-13(14(15)17)9-16-8-11/h2-5,7-9H,6H2,1H3,(H2,15,17). The molecule has 1 aromatic carbocycles. The van der Waals surface area contributed by atoms with Crippen LogP contribution in [0.15, 0.2) is 42.7 Å². The predicted octanol–water partition coefficient (Wildman–Crippen LogP) is 2.08. The van der Waals surface area contributed by atoms with Crippen molar-refractivity contribution >= 4 is 5.91 Å². The number of primary amides is 1. The van der Waals surface area contributed by atoms with Crippen LogP contribution in [0.4, 0.5) is 0 Å². The number of aryl methyl sites for hydroxylation is 1. The van der Waals surface area contributed by atoms with Gasteiger partial charge in [0, 0.05) is 12.4 Å². The highest BCUT2D eigenvalue weighted by molar-refractivity contribution is 5.92. The molecule has 0 atom stereocenters. The van der Waals surface area contributed by atoms with Gasteiger partial charge in [-0.3, -0.25) is 9.78 Å². The first kappa shape index (κ1) is 11.3. The maximum atomic E-state index is 11.1. The number of hydrogen-bond donors (Lipinski definition) is 1. The van der Waals surface area contributed by atoms with E-state index in [0.29, 0.717) is 5.56 Å². The van der Waals surface area contributed by atoms with Crippen molar-refractivity contribution in [2.45, 2.75) is 13.3 Å². The van der Waals surface area contributed by atoms with E-state index in [1.807, 2.05) is 12.1 Å². The third-order valence-corrected chi connectivity index (χ3v) is 2.74. The van der Waals surface area contributed by atoms with E-state index in [1.54, 1.807) is 12.3 Å². The molecular weight excluding hydrogens is 212 g/mol. The topological polar surface area (TPSA) is 56.0 Å². The lowest BCUT2D eigenvalue weighted by Gasteiger charge is -2.06. The van der Waals surface area contributed by atoms with Crippen LogP contribution in [-0.4, -0.2) is 10.9 Å². The van der Waals surface area contributed by atoms with Crippen molar-refractivity contribution in [1.29, 1.82) is 0 Å². The van der Waals surface area contributed by atoms with Gasteiger partial charge in [-0.2, -0.15) is 0 Å². The molecule has 0 spiro atoms. The van der Waals surface area contributed by atoms with Gasteiger partial charge in [-0.15, -0.1) is 0 Å². The van der Waals surface area contributed by atoms with Crippen molar-refractivity contribution in [3.05, 3.63) is 65.0 Å². The number of aromatic nitrogens is 1. The van der Waals surface area contributed by atoms with Crippen LogP contribution < -0.4 is 5.73 Å². The number of pyridine rings is 1. The summed E-state index contributed by atoms with van der Waals surface area (Å²) in [5.74, 6) is -0.441. The Hall–Kier alpha value is -2.16. The van der Waals surface area contributed by atoms with E-state index < -0.39 is 5.91 Å². The first-order valence-electron chi connectivity index (χ1n) is 5.45. The van der Waals surface area contributed by atoms with Gasteiger partial charge in [0.25, 0.3) is 0 Å². The van der Waals surface area contributed by atoms with Gasteiger partial charge < -0.3 is 5.73 Å². The second-order valence-corrected chi connectivity index (χ2v) is 4.05. The Bertz CT molecular complexity index is 549. The lowest BCUT2D eigenvalue weighted by Crippen LogP contribution is -2.11. The van der Waals surface area contributed by atoms with Crippen molar-refractivity contribution in [2.75, 3.05) is 0 Å². The maximum absolute atomic E-state index is 11.1. The molecule has 0 radical (unpaired) electrons. The number of rotatable bonds is 3.